The van der Waals surface area contributed by atoms with Crippen molar-refractivity contribution < 1.29 is 32.9 Å². The number of hydrogen-bond donors (Lipinski definition) is 2. The second-order valence-electron chi connectivity index (χ2n) is 3.55. The molecule has 0 saturated heterocycles. The van der Waals surface area contributed by atoms with E-state index in [-0.39, 0.29) is 11.1 Å². The van der Waals surface area contributed by atoms with Gasteiger partial charge in [0.05, 0.1) is 16.6 Å². The smallest absolute Gasteiger partial charge is 0.416 e. The van der Waals surface area contributed by atoms with E-state index in [0.717, 1.165) is 0 Å². The van der Waals surface area contributed by atoms with Crippen LogP contribution in [0, 0.1) is 0 Å². The Bertz CT molecular complexity index is 488. The zero-order valence-corrected chi connectivity index (χ0v) is 11.2. The first-order valence-corrected chi connectivity index (χ1v) is 5.92. The van der Waals surface area contributed by atoms with Crippen LogP contribution in [0.1, 0.15) is 24.2 Å². The number of carbonyl (C=O) groups is 1. The van der Waals surface area contributed by atoms with Gasteiger partial charge in [-0.15, -0.1) is 0 Å². The third-order valence-corrected chi connectivity index (χ3v) is 2.83. The van der Waals surface area contributed by atoms with Crippen molar-refractivity contribution in [1.29, 1.82) is 0 Å². The minimum absolute atomic E-state index is 0.0449. The molecular weight excluding hydrogens is 333 g/mol. The van der Waals surface area contributed by atoms with Crippen LogP contribution in [0.5, 0.6) is 5.75 Å². The molecule has 1 rings (SSSR count). The number of hydrogen-bond acceptors (Lipinski definition) is 4. The molecule has 0 aliphatic rings. The first kappa shape index (κ1) is 15.8. The number of phenolic OH excluding ortho intramolecular Hbond substituents is 1. The zero-order chi connectivity index (χ0) is 14.8. The minimum Gasteiger partial charge on any atom is -0.506 e. The van der Waals surface area contributed by atoms with Crippen LogP contribution in [-0.2, 0) is 15.7 Å². The molecule has 0 amide bonds. The highest BCUT2D eigenvalue weighted by atomic mass is 79.9. The predicted molar refractivity (Wildman–Crippen MR) is 62.4 cm³/mol. The van der Waals surface area contributed by atoms with E-state index in [1.54, 1.807) is 0 Å². The number of carbonyl (C=O) groups excluding carboxylic acids is 1. The molecule has 0 aliphatic heterocycles. The number of aromatic hydroxyl groups is 1. The van der Waals surface area contributed by atoms with Crippen molar-refractivity contribution in [3.8, 4) is 5.75 Å². The van der Waals surface area contributed by atoms with Gasteiger partial charge in [-0.3, -0.25) is 0 Å². The van der Waals surface area contributed by atoms with Gasteiger partial charge in [0.25, 0.3) is 0 Å². The van der Waals surface area contributed by atoms with Gasteiger partial charge in [0, 0.05) is 5.56 Å². The Morgan fingerprint density at radius 3 is 2.53 bits per heavy atom. The fraction of sp³-hybridized carbons (Fsp3) is 0.364. The van der Waals surface area contributed by atoms with Crippen LogP contribution in [0.4, 0.5) is 13.2 Å². The SMILES string of the molecule is CCOC(=O)C(O)c1cc(C(F)(F)F)cc(Br)c1O. The van der Waals surface area contributed by atoms with E-state index in [1.165, 1.54) is 6.92 Å². The van der Waals surface area contributed by atoms with Gasteiger partial charge in [0.15, 0.2) is 6.10 Å². The summed E-state index contributed by atoms with van der Waals surface area (Å²) in [6.45, 7) is 1.43. The lowest BCUT2D eigenvalue weighted by atomic mass is 10.0. The van der Waals surface area contributed by atoms with Crippen LogP contribution >= 0.6 is 15.9 Å². The fourth-order valence-electron chi connectivity index (χ4n) is 1.34. The van der Waals surface area contributed by atoms with Crippen LogP contribution in [0.15, 0.2) is 16.6 Å². The molecule has 1 aromatic rings. The zero-order valence-electron chi connectivity index (χ0n) is 9.66. The number of alkyl halides is 3. The normalized spacial score (nSPS) is 13.2. The Labute approximate surface area is 114 Å². The lowest BCUT2D eigenvalue weighted by Gasteiger charge is -2.15. The second kappa shape index (κ2) is 5.79. The van der Waals surface area contributed by atoms with Gasteiger partial charge in [0.2, 0.25) is 0 Å². The quantitative estimate of drug-likeness (QED) is 0.829. The summed E-state index contributed by atoms with van der Waals surface area (Å²) >= 11 is 2.73. The van der Waals surface area contributed by atoms with Gasteiger partial charge in [-0.05, 0) is 35.0 Å². The molecule has 19 heavy (non-hydrogen) atoms. The third-order valence-electron chi connectivity index (χ3n) is 2.22. The Kier molecular flexibility index (Phi) is 4.81. The Morgan fingerprint density at radius 1 is 1.47 bits per heavy atom. The van der Waals surface area contributed by atoms with Crippen LogP contribution in [0.3, 0.4) is 0 Å². The molecule has 0 heterocycles. The van der Waals surface area contributed by atoms with Crippen LogP contribution in [0.2, 0.25) is 0 Å². The van der Waals surface area contributed by atoms with Crippen molar-refractivity contribution in [3.63, 3.8) is 0 Å². The number of halogens is 4. The molecule has 1 atom stereocenters. The summed E-state index contributed by atoms with van der Waals surface area (Å²) in [4.78, 5) is 11.3. The summed E-state index contributed by atoms with van der Waals surface area (Å²) in [6, 6.07) is 1.15. The maximum atomic E-state index is 12.6. The van der Waals surface area contributed by atoms with Gasteiger partial charge in [0.1, 0.15) is 5.75 Å². The van der Waals surface area contributed by atoms with Crippen LogP contribution < -0.4 is 0 Å². The second-order valence-corrected chi connectivity index (χ2v) is 4.40. The number of rotatable bonds is 3. The van der Waals surface area contributed by atoms with E-state index in [0.29, 0.717) is 12.1 Å². The molecule has 8 heteroatoms. The minimum atomic E-state index is -4.67. The standard InChI is InChI=1S/C11H10BrF3O4/c1-2-19-10(18)9(17)6-3-5(11(13,14)15)4-7(12)8(6)16/h3-4,9,16-17H,2H2,1H3. The molecule has 0 fully saturated rings. The number of benzene rings is 1. The molecule has 0 aromatic heterocycles. The van der Waals surface area contributed by atoms with Crippen LogP contribution in [0.25, 0.3) is 0 Å². The Hall–Kier alpha value is -1.28. The van der Waals surface area contributed by atoms with E-state index in [9.17, 15) is 28.2 Å². The third kappa shape index (κ3) is 3.60. The van der Waals surface area contributed by atoms with Crippen molar-refractivity contribution in [2.75, 3.05) is 6.61 Å². The highest BCUT2D eigenvalue weighted by Crippen LogP contribution is 2.39. The van der Waals surface area contributed by atoms with Crippen molar-refractivity contribution in [3.05, 3.63) is 27.7 Å². The maximum absolute atomic E-state index is 12.6. The average molecular weight is 343 g/mol. The fourth-order valence-corrected chi connectivity index (χ4v) is 1.82. The lowest BCUT2D eigenvalue weighted by molar-refractivity contribution is -0.153. The maximum Gasteiger partial charge on any atom is 0.416 e. The molecule has 106 valence electrons. The van der Waals surface area contributed by atoms with Gasteiger partial charge in [-0.2, -0.15) is 13.2 Å². The number of aliphatic hydroxyl groups excluding tert-OH is 1. The van der Waals surface area contributed by atoms with Crippen molar-refractivity contribution in [1.82, 2.24) is 0 Å². The largest absolute Gasteiger partial charge is 0.506 e. The Balaban J connectivity index is 3.27. The molecule has 0 aliphatic carbocycles. The molecular formula is C11H10BrF3O4. The summed E-state index contributed by atoms with van der Waals surface area (Å²) in [6.07, 6.45) is -6.65. The molecule has 0 saturated carbocycles. The average Bonchev–Trinajstić information content (AvgIpc) is 2.30. The van der Waals surface area contributed by atoms with Gasteiger partial charge in [-0.1, -0.05) is 0 Å². The first-order valence-electron chi connectivity index (χ1n) is 5.12. The topological polar surface area (TPSA) is 66.8 Å². The molecule has 0 bridgehead atoms. The monoisotopic (exact) mass is 342 g/mol. The van der Waals surface area contributed by atoms with Gasteiger partial charge in [-0.25, -0.2) is 4.79 Å². The highest BCUT2D eigenvalue weighted by Gasteiger charge is 2.34. The summed E-state index contributed by atoms with van der Waals surface area (Å²) in [5.41, 5.74) is -1.67. The lowest BCUT2D eigenvalue weighted by Crippen LogP contribution is -2.17. The number of esters is 1. The molecule has 0 radical (unpaired) electrons. The number of phenols is 1. The summed E-state index contributed by atoms with van der Waals surface area (Å²) < 4.78 is 42.0. The van der Waals surface area contributed by atoms with E-state index in [2.05, 4.69) is 20.7 Å². The first-order chi connectivity index (χ1) is 8.68. The molecule has 2 N–H and O–H groups in total. The molecule has 1 aromatic carbocycles. The summed E-state index contributed by atoms with van der Waals surface area (Å²) in [7, 11) is 0. The van der Waals surface area contributed by atoms with E-state index in [4.69, 9.17) is 0 Å². The van der Waals surface area contributed by atoms with E-state index in [1.807, 2.05) is 0 Å². The summed E-state index contributed by atoms with van der Waals surface area (Å²) in [5, 5.41) is 19.2. The molecule has 4 nitrogen and oxygen atoms in total. The van der Waals surface area contributed by atoms with Crippen molar-refractivity contribution in [2.24, 2.45) is 0 Å². The van der Waals surface area contributed by atoms with Crippen molar-refractivity contribution >= 4 is 21.9 Å². The molecule has 0 spiro atoms. The van der Waals surface area contributed by atoms with E-state index >= 15 is 0 Å². The Morgan fingerprint density at radius 2 is 2.05 bits per heavy atom. The van der Waals surface area contributed by atoms with E-state index < -0.39 is 35.1 Å². The van der Waals surface area contributed by atoms with Crippen molar-refractivity contribution in [2.45, 2.75) is 19.2 Å². The summed E-state index contributed by atoms with van der Waals surface area (Å²) in [5.74, 6) is -1.78. The number of aliphatic hydroxyl groups is 1. The van der Waals surface area contributed by atoms with Gasteiger partial charge < -0.3 is 14.9 Å². The number of ether oxygens (including phenoxy) is 1. The van der Waals surface area contributed by atoms with Gasteiger partial charge >= 0.3 is 12.1 Å². The highest BCUT2D eigenvalue weighted by molar-refractivity contribution is 9.10. The molecule has 1 unspecified atom stereocenters. The van der Waals surface area contributed by atoms with Crippen LogP contribution in [-0.4, -0.2) is 22.8 Å². The predicted octanol–water partition coefficient (Wildman–Crippen LogP) is 2.77.